The van der Waals surface area contributed by atoms with Gasteiger partial charge in [0.15, 0.2) is 11.6 Å². The first-order valence-corrected chi connectivity index (χ1v) is 4.33. The molecule has 74 valence electrons. The molecule has 1 aliphatic rings. The van der Waals surface area contributed by atoms with Crippen LogP contribution in [-0.4, -0.2) is 13.1 Å². The van der Waals surface area contributed by atoms with Crippen molar-refractivity contribution in [1.82, 2.24) is 0 Å². The zero-order valence-electron chi connectivity index (χ0n) is 7.50. The number of benzene rings is 1. The molecule has 0 aromatic heterocycles. The van der Waals surface area contributed by atoms with E-state index in [2.05, 4.69) is 0 Å². The van der Waals surface area contributed by atoms with Crippen molar-refractivity contribution in [2.45, 2.75) is 0 Å². The number of rotatable bonds is 1. The Kier molecular flexibility index (Phi) is 2.11. The van der Waals surface area contributed by atoms with Crippen LogP contribution in [0.15, 0.2) is 24.3 Å². The first-order chi connectivity index (χ1) is 6.68. The molecule has 1 aromatic rings. The zero-order chi connectivity index (χ0) is 10.1. The van der Waals surface area contributed by atoms with Gasteiger partial charge >= 0.3 is 0 Å². The van der Waals surface area contributed by atoms with E-state index in [9.17, 15) is 8.78 Å². The SMILES string of the molecule is Nc1cc(F)c(N2CC=CC2)c(F)c1. The molecule has 0 bridgehead atoms. The fraction of sp³-hybridized carbons (Fsp3) is 0.200. The molecule has 1 heterocycles. The Morgan fingerprint density at radius 1 is 1.07 bits per heavy atom. The fourth-order valence-corrected chi connectivity index (χ4v) is 1.55. The second kappa shape index (κ2) is 3.29. The van der Waals surface area contributed by atoms with Crippen molar-refractivity contribution in [2.75, 3.05) is 23.7 Å². The highest BCUT2D eigenvalue weighted by atomic mass is 19.1. The molecule has 1 aromatic carbocycles. The van der Waals surface area contributed by atoms with Crippen LogP contribution >= 0.6 is 0 Å². The Morgan fingerprint density at radius 3 is 2.07 bits per heavy atom. The monoisotopic (exact) mass is 196 g/mol. The van der Waals surface area contributed by atoms with Gasteiger partial charge in [-0.25, -0.2) is 8.78 Å². The first-order valence-electron chi connectivity index (χ1n) is 4.33. The maximum atomic E-state index is 13.4. The summed E-state index contributed by atoms with van der Waals surface area (Å²) in [6.45, 7) is 1.08. The van der Waals surface area contributed by atoms with Crippen molar-refractivity contribution < 1.29 is 8.78 Å². The average Bonchev–Trinajstić information content (AvgIpc) is 2.54. The molecule has 0 radical (unpaired) electrons. The van der Waals surface area contributed by atoms with Crippen LogP contribution in [0.4, 0.5) is 20.2 Å². The summed E-state index contributed by atoms with van der Waals surface area (Å²) in [5.41, 5.74) is 5.42. The van der Waals surface area contributed by atoms with Crippen LogP contribution in [-0.2, 0) is 0 Å². The number of nitrogens with zero attached hydrogens (tertiary/aromatic N) is 1. The van der Waals surface area contributed by atoms with E-state index >= 15 is 0 Å². The van der Waals surface area contributed by atoms with E-state index in [1.54, 1.807) is 4.90 Å². The van der Waals surface area contributed by atoms with Crippen LogP contribution in [0.1, 0.15) is 0 Å². The lowest BCUT2D eigenvalue weighted by Crippen LogP contribution is -2.21. The van der Waals surface area contributed by atoms with Crippen molar-refractivity contribution in [2.24, 2.45) is 0 Å². The summed E-state index contributed by atoms with van der Waals surface area (Å²) >= 11 is 0. The van der Waals surface area contributed by atoms with Gasteiger partial charge in [0.2, 0.25) is 0 Å². The summed E-state index contributed by atoms with van der Waals surface area (Å²) < 4.78 is 26.7. The summed E-state index contributed by atoms with van der Waals surface area (Å²) in [7, 11) is 0. The van der Waals surface area contributed by atoms with Crippen molar-refractivity contribution in [3.05, 3.63) is 35.9 Å². The van der Waals surface area contributed by atoms with Gasteiger partial charge in [0.25, 0.3) is 0 Å². The highest BCUT2D eigenvalue weighted by Gasteiger charge is 2.17. The predicted octanol–water partition coefficient (Wildman–Crippen LogP) is 1.92. The van der Waals surface area contributed by atoms with Crippen LogP contribution in [0.25, 0.3) is 0 Å². The van der Waals surface area contributed by atoms with Gasteiger partial charge in [-0.05, 0) is 12.1 Å². The molecule has 0 fully saturated rings. The Bertz CT molecular complexity index is 357. The summed E-state index contributed by atoms with van der Waals surface area (Å²) in [5.74, 6) is -1.21. The Balaban J connectivity index is 2.41. The van der Waals surface area contributed by atoms with E-state index < -0.39 is 11.6 Å². The first kappa shape index (κ1) is 8.99. The second-order valence-electron chi connectivity index (χ2n) is 3.21. The van der Waals surface area contributed by atoms with Crippen LogP contribution in [0.3, 0.4) is 0 Å². The van der Waals surface area contributed by atoms with Crippen molar-refractivity contribution >= 4 is 11.4 Å². The molecule has 0 aliphatic carbocycles. The number of nitrogen functional groups attached to an aromatic ring is 1. The number of anilines is 2. The van der Waals surface area contributed by atoms with E-state index in [-0.39, 0.29) is 11.4 Å². The minimum atomic E-state index is -0.605. The molecule has 0 unspecified atom stereocenters. The molecule has 0 atom stereocenters. The number of nitrogens with two attached hydrogens (primary N) is 1. The van der Waals surface area contributed by atoms with E-state index in [0.717, 1.165) is 12.1 Å². The fourth-order valence-electron chi connectivity index (χ4n) is 1.55. The van der Waals surface area contributed by atoms with Gasteiger partial charge in [-0.3, -0.25) is 0 Å². The summed E-state index contributed by atoms with van der Waals surface area (Å²) in [5, 5.41) is 0. The minimum Gasteiger partial charge on any atom is -0.399 e. The van der Waals surface area contributed by atoms with Crippen LogP contribution in [0, 0.1) is 11.6 Å². The molecule has 0 amide bonds. The maximum Gasteiger partial charge on any atom is 0.151 e. The summed E-state index contributed by atoms with van der Waals surface area (Å²) in [4.78, 5) is 1.62. The Hall–Kier alpha value is -1.58. The second-order valence-corrected chi connectivity index (χ2v) is 3.21. The number of halogens is 2. The smallest absolute Gasteiger partial charge is 0.151 e. The largest absolute Gasteiger partial charge is 0.399 e. The number of hydrogen-bond donors (Lipinski definition) is 1. The quantitative estimate of drug-likeness (QED) is 0.549. The van der Waals surface area contributed by atoms with Crippen molar-refractivity contribution in [3.8, 4) is 0 Å². The Morgan fingerprint density at radius 2 is 1.57 bits per heavy atom. The van der Waals surface area contributed by atoms with E-state index in [4.69, 9.17) is 5.73 Å². The molecule has 14 heavy (non-hydrogen) atoms. The molecule has 0 saturated heterocycles. The molecular formula is C10H10F2N2. The molecule has 4 heteroatoms. The highest BCUT2D eigenvalue weighted by Crippen LogP contribution is 2.26. The maximum absolute atomic E-state index is 13.4. The third-order valence-corrected chi connectivity index (χ3v) is 2.17. The lowest BCUT2D eigenvalue weighted by Gasteiger charge is -2.19. The standard InChI is InChI=1S/C10H10F2N2/c11-8-5-7(13)6-9(12)10(8)14-3-1-2-4-14/h1-2,5-6H,3-4,13H2. The van der Waals surface area contributed by atoms with Crippen LogP contribution in [0.2, 0.25) is 0 Å². The predicted molar refractivity (Wildman–Crippen MR) is 52.1 cm³/mol. The molecular weight excluding hydrogens is 186 g/mol. The molecule has 2 N–H and O–H groups in total. The van der Waals surface area contributed by atoms with Gasteiger partial charge in [-0.15, -0.1) is 0 Å². The minimum absolute atomic E-state index is 0.00389. The molecule has 2 nitrogen and oxygen atoms in total. The molecule has 0 saturated carbocycles. The van der Waals surface area contributed by atoms with E-state index in [1.165, 1.54) is 0 Å². The van der Waals surface area contributed by atoms with Crippen molar-refractivity contribution in [3.63, 3.8) is 0 Å². The van der Waals surface area contributed by atoms with E-state index in [1.807, 2.05) is 12.2 Å². The van der Waals surface area contributed by atoms with Gasteiger partial charge < -0.3 is 10.6 Å². The van der Waals surface area contributed by atoms with Gasteiger partial charge in [-0.2, -0.15) is 0 Å². The third-order valence-electron chi connectivity index (χ3n) is 2.17. The van der Waals surface area contributed by atoms with Crippen LogP contribution < -0.4 is 10.6 Å². The summed E-state index contributed by atoms with van der Waals surface area (Å²) in [6.07, 6.45) is 3.74. The number of hydrogen-bond acceptors (Lipinski definition) is 2. The third kappa shape index (κ3) is 1.43. The lowest BCUT2D eigenvalue weighted by molar-refractivity contribution is 0.580. The summed E-state index contributed by atoms with van der Waals surface area (Å²) in [6, 6.07) is 2.27. The lowest BCUT2D eigenvalue weighted by atomic mass is 10.2. The van der Waals surface area contributed by atoms with Crippen LogP contribution in [0.5, 0.6) is 0 Å². The van der Waals surface area contributed by atoms with Gasteiger partial charge in [0, 0.05) is 18.8 Å². The van der Waals surface area contributed by atoms with Gasteiger partial charge in [0.05, 0.1) is 0 Å². The normalized spacial score (nSPS) is 15.1. The zero-order valence-corrected chi connectivity index (χ0v) is 7.50. The topological polar surface area (TPSA) is 29.3 Å². The molecule has 1 aliphatic heterocycles. The molecule has 2 rings (SSSR count). The van der Waals surface area contributed by atoms with Crippen molar-refractivity contribution in [1.29, 1.82) is 0 Å². The van der Waals surface area contributed by atoms with Gasteiger partial charge in [-0.1, -0.05) is 12.2 Å². The average molecular weight is 196 g/mol. The van der Waals surface area contributed by atoms with Gasteiger partial charge in [0.1, 0.15) is 5.69 Å². The Labute approximate surface area is 80.6 Å². The molecule has 0 spiro atoms. The van der Waals surface area contributed by atoms with E-state index in [0.29, 0.717) is 13.1 Å². The highest BCUT2D eigenvalue weighted by molar-refractivity contribution is 5.57.